The van der Waals surface area contributed by atoms with Gasteiger partial charge in [-0.1, -0.05) is 48.5 Å². The largest absolute Gasteiger partial charge is 0.508 e. The van der Waals surface area contributed by atoms with Crippen molar-refractivity contribution < 1.29 is 33.8 Å². The molecule has 3 amide bonds. The van der Waals surface area contributed by atoms with Crippen LogP contribution in [0.15, 0.2) is 67.3 Å². The number of carbonyl (C=O) groups is 4. The molecule has 10 heteroatoms. The zero-order valence-electron chi connectivity index (χ0n) is 23.5. The minimum Gasteiger partial charge on any atom is -0.508 e. The van der Waals surface area contributed by atoms with Gasteiger partial charge in [0.25, 0.3) is 0 Å². The maximum absolute atomic E-state index is 14.1. The predicted octanol–water partition coefficient (Wildman–Crippen LogP) is 3.65. The Balaban J connectivity index is 2.44. The van der Waals surface area contributed by atoms with Crippen LogP contribution in [0.1, 0.15) is 51.3 Å². The Morgan fingerprint density at radius 1 is 1.05 bits per heavy atom. The van der Waals surface area contributed by atoms with E-state index in [9.17, 15) is 24.3 Å². The standard InChI is InChI=1S/C30H39N3O7/c1-6-19-33(26(22-13-15-23(34)16-14-22)27(36)31-18-17-25(35)39-7-2)28(37)24(20-21-11-9-8-10-12-21)32-29(38)40-30(3,4)5/h6,8-16,24,26,34H,1,7,17-20H2,2-5H3,(H,31,36)(H,32,38). The summed E-state index contributed by atoms with van der Waals surface area (Å²) in [6.07, 6.45) is 0.790. The van der Waals surface area contributed by atoms with Crippen molar-refractivity contribution in [1.82, 2.24) is 15.5 Å². The second-order valence-electron chi connectivity index (χ2n) is 10.0. The van der Waals surface area contributed by atoms with Crippen molar-refractivity contribution in [3.05, 3.63) is 78.4 Å². The molecule has 2 atom stereocenters. The van der Waals surface area contributed by atoms with Crippen LogP contribution in [-0.4, -0.2) is 65.2 Å². The van der Waals surface area contributed by atoms with E-state index in [4.69, 9.17) is 9.47 Å². The molecule has 216 valence electrons. The van der Waals surface area contributed by atoms with E-state index in [2.05, 4.69) is 17.2 Å². The molecule has 2 aromatic rings. The zero-order chi connectivity index (χ0) is 29.7. The molecule has 0 heterocycles. The van der Waals surface area contributed by atoms with E-state index < -0.39 is 41.6 Å². The van der Waals surface area contributed by atoms with Crippen molar-refractivity contribution in [3.63, 3.8) is 0 Å². The van der Waals surface area contributed by atoms with Crippen LogP contribution in [-0.2, 0) is 30.3 Å². The van der Waals surface area contributed by atoms with Gasteiger partial charge < -0.3 is 30.1 Å². The molecule has 0 saturated carbocycles. The smallest absolute Gasteiger partial charge is 0.408 e. The van der Waals surface area contributed by atoms with Gasteiger partial charge in [-0.05, 0) is 51.0 Å². The van der Waals surface area contributed by atoms with Crippen LogP contribution >= 0.6 is 0 Å². The number of aromatic hydroxyl groups is 1. The molecule has 2 aromatic carbocycles. The third-order valence-corrected chi connectivity index (χ3v) is 5.58. The van der Waals surface area contributed by atoms with Gasteiger partial charge in [-0.25, -0.2) is 4.79 Å². The highest BCUT2D eigenvalue weighted by atomic mass is 16.6. The SMILES string of the molecule is C=CCN(C(=O)C(Cc1ccccc1)NC(=O)OC(C)(C)C)C(C(=O)NCCC(=O)OCC)c1ccc(O)cc1. The van der Waals surface area contributed by atoms with Crippen LogP contribution < -0.4 is 10.6 Å². The quantitative estimate of drug-likeness (QED) is 0.255. The lowest BCUT2D eigenvalue weighted by molar-refractivity contribution is -0.144. The van der Waals surface area contributed by atoms with Crippen LogP contribution in [0.3, 0.4) is 0 Å². The normalized spacial score (nSPS) is 12.4. The van der Waals surface area contributed by atoms with Crippen molar-refractivity contribution in [3.8, 4) is 5.75 Å². The Bertz CT molecular complexity index is 1140. The van der Waals surface area contributed by atoms with Gasteiger partial charge in [-0.2, -0.15) is 0 Å². The van der Waals surface area contributed by atoms with Gasteiger partial charge in [0, 0.05) is 19.5 Å². The van der Waals surface area contributed by atoms with Crippen molar-refractivity contribution in [2.75, 3.05) is 19.7 Å². The lowest BCUT2D eigenvalue weighted by atomic mass is 10.00. The zero-order valence-corrected chi connectivity index (χ0v) is 23.5. The number of ether oxygens (including phenoxy) is 2. The van der Waals surface area contributed by atoms with E-state index in [0.717, 1.165) is 5.56 Å². The van der Waals surface area contributed by atoms with Gasteiger partial charge in [-0.3, -0.25) is 14.4 Å². The molecule has 0 spiro atoms. The van der Waals surface area contributed by atoms with E-state index in [0.29, 0.717) is 5.56 Å². The maximum atomic E-state index is 14.1. The average Bonchev–Trinajstić information content (AvgIpc) is 2.88. The highest BCUT2D eigenvalue weighted by Gasteiger charge is 2.36. The molecule has 0 aliphatic heterocycles. The topological polar surface area (TPSA) is 134 Å². The molecule has 10 nitrogen and oxygen atoms in total. The number of alkyl carbamates (subject to hydrolysis) is 1. The Morgan fingerprint density at radius 3 is 2.27 bits per heavy atom. The highest BCUT2D eigenvalue weighted by molar-refractivity contribution is 5.92. The third kappa shape index (κ3) is 10.4. The summed E-state index contributed by atoms with van der Waals surface area (Å²) in [6, 6.07) is 12.8. The van der Waals surface area contributed by atoms with Crippen LogP contribution in [0.4, 0.5) is 4.79 Å². The second-order valence-corrected chi connectivity index (χ2v) is 10.0. The fourth-order valence-corrected chi connectivity index (χ4v) is 3.91. The molecule has 0 bridgehead atoms. The first-order valence-electron chi connectivity index (χ1n) is 13.1. The number of hydrogen-bond acceptors (Lipinski definition) is 7. The molecule has 0 aliphatic rings. The molecular formula is C30H39N3O7. The Morgan fingerprint density at radius 2 is 1.70 bits per heavy atom. The molecular weight excluding hydrogens is 514 g/mol. The summed E-state index contributed by atoms with van der Waals surface area (Å²) in [5, 5.41) is 15.2. The average molecular weight is 554 g/mol. The molecule has 0 saturated heterocycles. The van der Waals surface area contributed by atoms with E-state index in [1.54, 1.807) is 27.7 Å². The number of benzene rings is 2. The molecule has 40 heavy (non-hydrogen) atoms. The Hall–Kier alpha value is -4.34. The summed E-state index contributed by atoms with van der Waals surface area (Å²) in [6.45, 7) is 10.8. The number of amides is 3. The summed E-state index contributed by atoms with van der Waals surface area (Å²) in [5.74, 6) is -1.58. The van der Waals surface area contributed by atoms with Crippen LogP contribution in [0.2, 0.25) is 0 Å². The van der Waals surface area contributed by atoms with Crippen molar-refractivity contribution in [2.45, 2.75) is 58.2 Å². The Labute approximate surface area is 235 Å². The maximum Gasteiger partial charge on any atom is 0.408 e. The predicted molar refractivity (Wildman–Crippen MR) is 150 cm³/mol. The van der Waals surface area contributed by atoms with E-state index >= 15 is 0 Å². The van der Waals surface area contributed by atoms with Gasteiger partial charge in [0.2, 0.25) is 11.8 Å². The van der Waals surface area contributed by atoms with Crippen molar-refractivity contribution in [2.24, 2.45) is 0 Å². The fourth-order valence-electron chi connectivity index (χ4n) is 3.91. The molecule has 0 aliphatic carbocycles. The van der Waals surface area contributed by atoms with Crippen molar-refractivity contribution in [1.29, 1.82) is 0 Å². The number of phenolic OH excluding ortho intramolecular Hbond substituents is 1. The molecule has 3 N–H and O–H groups in total. The summed E-state index contributed by atoms with van der Waals surface area (Å²) in [4.78, 5) is 53.4. The van der Waals surface area contributed by atoms with Gasteiger partial charge in [0.1, 0.15) is 23.4 Å². The first-order valence-corrected chi connectivity index (χ1v) is 13.1. The summed E-state index contributed by atoms with van der Waals surface area (Å²) < 4.78 is 10.3. The van der Waals surface area contributed by atoms with E-state index in [1.807, 2.05) is 30.3 Å². The monoisotopic (exact) mass is 553 g/mol. The number of carbonyl (C=O) groups excluding carboxylic acids is 4. The number of hydrogen-bond donors (Lipinski definition) is 3. The number of phenols is 1. The number of esters is 1. The van der Waals surface area contributed by atoms with Crippen LogP contribution in [0, 0.1) is 0 Å². The first-order chi connectivity index (χ1) is 18.9. The molecule has 0 aromatic heterocycles. The number of rotatable bonds is 13. The lowest BCUT2D eigenvalue weighted by Crippen LogP contribution is -2.54. The second kappa shape index (κ2) is 15.3. The van der Waals surface area contributed by atoms with Gasteiger partial charge in [0.05, 0.1) is 13.0 Å². The molecule has 2 rings (SSSR count). The van der Waals surface area contributed by atoms with Crippen LogP contribution in [0.5, 0.6) is 5.75 Å². The van der Waals surface area contributed by atoms with Gasteiger partial charge in [0.15, 0.2) is 0 Å². The summed E-state index contributed by atoms with van der Waals surface area (Å²) in [7, 11) is 0. The van der Waals surface area contributed by atoms with Crippen molar-refractivity contribution >= 4 is 23.9 Å². The molecule has 2 unspecified atom stereocenters. The van der Waals surface area contributed by atoms with E-state index in [-0.39, 0.29) is 38.3 Å². The van der Waals surface area contributed by atoms with Crippen LogP contribution in [0.25, 0.3) is 0 Å². The van der Waals surface area contributed by atoms with E-state index in [1.165, 1.54) is 35.2 Å². The Kier molecular flexibility index (Phi) is 12.2. The summed E-state index contributed by atoms with van der Waals surface area (Å²) in [5.41, 5.74) is 0.409. The minimum absolute atomic E-state index is 0.00796. The van der Waals surface area contributed by atoms with Gasteiger partial charge in [-0.15, -0.1) is 6.58 Å². The molecule has 0 fully saturated rings. The third-order valence-electron chi connectivity index (χ3n) is 5.58. The fraction of sp³-hybridized carbons (Fsp3) is 0.400. The first kappa shape index (κ1) is 31.9. The highest BCUT2D eigenvalue weighted by Crippen LogP contribution is 2.25. The lowest BCUT2D eigenvalue weighted by Gasteiger charge is -2.34. The number of nitrogens with zero attached hydrogens (tertiary/aromatic N) is 1. The number of nitrogens with one attached hydrogen (secondary N) is 2. The van der Waals surface area contributed by atoms with Gasteiger partial charge >= 0.3 is 12.1 Å². The summed E-state index contributed by atoms with van der Waals surface area (Å²) >= 11 is 0. The minimum atomic E-state index is -1.16. The molecule has 0 radical (unpaired) electrons.